The molecule has 3 atom stereocenters. The van der Waals surface area contributed by atoms with Crippen molar-refractivity contribution in [2.75, 3.05) is 26.8 Å². The van der Waals surface area contributed by atoms with Crippen LogP contribution < -0.4 is 14.8 Å². The molecule has 1 N–H and O–H groups in total. The van der Waals surface area contributed by atoms with Gasteiger partial charge in [-0.15, -0.1) is 11.8 Å². The SMILES string of the molecule is CCOc1ccc(CCNC(=O)C2CCC3S/C(=C\c4cccc(C)c4)C(=O)N(C)C3C2)cc1OCC. The molecule has 2 fully saturated rings. The largest absolute Gasteiger partial charge is 0.490 e. The summed E-state index contributed by atoms with van der Waals surface area (Å²) in [5.41, 5.74) is 3.33. The molecule has 6 nitrogen and oxygen atoms in total. The van der Waals surface area contributed by atoms with E-state index in [-0.39, 0.29) is 23.8 Å². The number of hydrogen-bond acceptors (Lipinski definition) is 5. The van der Waals surface area contributed by atoms with E-state index in [0.717, 1.165) is 46.8 Å². The quantitative estimate of drug-likeness (QED) is 0.457. The third kappa shape index (κ3) is 6.69. The molecule has 0 aromatic heterocycles. The van der Waals surface area contributed by atoms with Crippen molar-refractivity contribution in [2.24, 2.45) is 5.92 Å². The van der Waals surface area contributed by atoms with E-state index in [1.807, 2.05) is 62.2 Å². The molecule has 2 aromatic rings. The van der Waals surface area contributed by atoms with Crippen LogP contribution in [0.15, 0.2) is 47.4 Å². The molecular formula is C30H38N2O4S. The summed E-state index contributed by atoms with van der Waals surface area (Å²) in [6, 6.07) is 14.2. The van der Waals surface area contributed by atoms with Gasteiger partial charge in [0.2, 0.25) is 5.91 Å². The van der Waals surface area contributed by atoms with E-state index in [1.54, 1.807) is 11.8 Å². The Hall–Kier alpha value is -2.93. The maximum Gasteiger partial charge on any atom is 0.260 e. The predicted octanol–water partition coefficient (Wildman–Crippen LogP) is 5.23. The summed E-state index contributed by atoms with van der Waals surface area (Å²) in [6.07, 6.45) is 5.20. The first-order valence-corrected chi connectivity index (χ1v) is 14.2. The lowest BCUT2D eigenvalue weighted by Crippen LogP contribution is -2.52. The highest BCUT2D eigenvalue weighted by Crippen LogP contribution is 2.43. The van der Waals surface area contributed by atoms with Gasteiger partial charge in [-0.2, -0.15) is 0 Å². The van der Waals surface area contributed by atoms with Crippen LogP contribution in [-0.4, -0.2) is 54.8 Å². The van der Waals surface area contributed by atoms with E-state index in [1.165, 1.54) is 5.56 Å². The smallest absolute Gasteiger partial charge is 0.260 e. The molecule has 198 valence electrons. The number of aryl methyl sites for hydroxylation is 1. The molecule has 2 aliphatic rings. The second-order valence-corrected chi connectivity index (χ2v) is 11.0. The average molecular weight is 523 g/mol. The Morgan fingerprint density at radius 2 is 1.89 bits per heavy atom. The average Bonchev–Trinajstić information content (AvgIpc) is 2.88. The van der Waals surface area contributed by atoms with Crippen LogP contribution in [0.2, 0.25) is 0 Å². The second-order valence-electron chi connectivity index (χ2n) is 9.76. The van der Waals surface area contributed by atoms with Crippen molar-refractivity contribution < 1.29 is 19.1 Å². The number of hydrogen-bond donors (Lipinski definition) is 1. The van der Waals surface area contributed by atoms with Gasteiger partial charge in [-0.25, -0.2) is 0 Å². The summed E-state index contributed by atoms with van der Waals surface area (Å²) < 4.78 is 11.4. The summed E-state index contributed by atoms with van der Waals surface area (Å²) in [5.74, 6) is 1.55. The molecule has 0 spiro atoms. The molecule has 4 rings (SSSR count). The van der Waals surface area contributed by atoms with Crippen molar-refractivity contribution in [2.45, 2.75) is 57.7 Å². The molecule has 7 heteroatoms. The third-order valence-electron chi connectivity index (χ3n) is 7.09. The monoisotopic (exact) mass is 522 g/mol. The van der Waals surface area contributed by atoms with Gasteiger partial charge in [-0.3, -0.25) is 9.59 Å². The van der Waals surface area contributed by atoms with Gasteiger partial charge >= 0.3 is 0 Å². The van der Waals surface area contributed by atoms with E-state index in [2.05, 4.69) is 24.4 Å². The maximum atomic E-state index is 13.1. The lowest BCUT2D eigenvalue weighted by molar-refractivity contribution is -0.131. The topological polar surface area (TPSA) is 67.9 Å². The summed E-state index contributed by atoms with van der Waals surface area (Å²) in [5, 5.41) is 3.45. The number of carbonyl (C=O) groups is 2. The maximum absolute atomic E-state index is 13.1. The fourth-order valence-corrected chi connectivity index (χ4v) is 6.65. The minimum Gasteiger partial charge on any atom is -0.490 e. The van der Waals surface area contributed by atoms with Crippen LogP contribution in [0, 0.1) is 12.8 Å². The number of likely N-dealkylation sites (N-methyl/N-ethyl adjacent to an activating group) is 1. The molecule has 37 heavy (non-hydrogen) atoms. The predicted molar refractivity (Wildman–Crippen MR) is 150 cm³/mol. The normalized spacial score (nSPS) is 22.5. The fourth-order valence-electron chi connectivity index (χ4n) is 5.17. The van der Waals surface area contributed by atoms with Crippen molar-refractivity contribution >= 4 is 29.7 Å². The Kier molecular flexibility index (Phi) is 9.19. The number of nitrogens with one attached hydrogen (secondary N) is 1. The summed E-state index contributed by atoms with van der Waals surface area (Å²) in [7, 11) is 1.88. The molecule has 3 unspecified atom stereocenters. The number of thioether (sulfide) groups is 1. The van der Waals surface area contributed by atoms with Crippen molar-refractivity contribution in [3.05, 3.63) is 64.1 Å². The van der Waals surface area contributed by atoms with Gasteiger partial charge in [0, 0.05) is 30.8 Å². The molecule has 1 aliphatic carbocycles. The van der Waals surface area contributed by atoms with Crippen molar-refractivity contribution in [3.63, 3.8) is 0 Å². The molecule has 2 aromatic carbocycles. The first-order chi connectivity index (χ1) is 17.9. The van der Waals surface area contributed by atoms with Gasteiger partial charge in [-0.05, 0) is 75.8 Å². The van der Waals surface area contributed by atoms with Gasteiger partial charge in [0.1, 0.15) is 0 Å². The zero-order valence-electron chi connectivity index (χ0n) is 22.3. The number of benzene rings is 2. The zero-order chi connectivity index (χ0) is 26.4. The standard InChI is InChI=1S/C30H38N2O4S/c1-5-35-25-12-10-21(17-26(25)36-6-2)14-15-31-29(33)23-11-13-27-24(19-23)32(4)30(34)28(37-27)18-22-9-7-8-20(3)16-22/h7-10,12,16-18,23-24,27H,5-6,11,13-15,19H2,1-4H3,(H,31,33)/b28-18-. The van der Waals surface area contributed by atoms with Gasteiger partial charge in [0.25, 0.3) is 5.91 Å². The Morgan fingerprint density at radius 1 is 1.11 bits per heavy atom. The number of amides is 2. The fraction of sp³-hybridized carbons (Fsp3) is 0.467. The van der Waals surface area contributed by atoms with E-state index < -0.39 is 0 Å². The van der Waals surface area contributed by atoms with Crippen LogP contribution in [0.5, 0.6) is 11.5 Å². The number of fused-ring (bicyclic) bond motifs is 1. The summed E-state index contributed by atoms with van der Waals surface area (Å²) >= 11 is 1.68. The molecule has 1 aliphatic heterocycles. The van der Waals surface area contributed by atoms with Crippen LogP contribution in [0.3, 0.4) is 0 Å². The highest BCUT2D eigenvalue weighted by Gasteiger charge is 2.42. The van der Waals surface area contributed by atoms with Crippen LogP contribution >= 0.6 is 11.8 Å². The lowest BCUT2D eigenvalue weighted by Gasteiger charge is -2.44. The minimum absolute atomic E-state index is 0.0504. The molecule has 1 saturated heterocycles. The molecular weight excluding hydrogens is 484 g/mol. The third-order valence-corrected chi connectivity index (χ3v) is 8.49. The first-order valence-electron chi connectivity index (χ1n) is 13.3. The van der Waals surface area contributed by atoms with Gasteiger partial charge in [-0.1, -0.05) is 35.9 Å². The number of ether oxygens (including phenoxy) is 2. The Labute approximate surface area is 224 Å². The highest BCUT2D eigenvalue weighted by molar-refractivity contribution is 8.04. The van der Waals surface area contributed by atoms with Crippen molar-refractivity contribution in [1.29, 1.82) is 0 Å². The Bertz CT molecular complexity index is 1150. The Balaban J connectivity index is 1.32. The number of nitrogens with zero attached hydrogens (tertiary/aromatic N) is 1. The molecule has 1 heterocycles. The zero-order valence-corrected chi connectivity index (χ0v) is 23.1. The molecule has 0 bridgehead atoms. The van der Waals surface area contributed by atoms with E-state index in [0.29, 0.717) is 31.4 Å². The first kappa shape index (κ1) is 27.1. The molecule has 2 amide bonds. The van der Waals surface area contributed by atoms with E-state index in [4.69, 9.17) is 9.47 Å². The van der Waals surface area contributed by atoms with Crippen molar-refractivity contribution in [3.8, 4) is 11.5 Å². The number of carbonyl (C=O) groups excluding carboxylic acids is 2. The number of rotatable bonds is 9. The summed E-state index contributed by atoms with van der Waals surface area (Å²) in [4.78, 5) is 28.8. The van der Waals surface area contributed by atoms with Crippen LogP contribution in [0.1, 0.15) is 49.8 Å². The second kappa shape index (κ2) is 12.5. The van der Waals surface area contributed by atoms with Crippen LogP contribution in [0.4, 0.5) is 0 Å². The minimum atomic E-state index is -0.0706. The summed E-state index contributed by atoms with van der Waals surface area (Å²) in [6.45, 7) is 7.69. The van der Waals surface area contributed by atoms with Crippen molar-refractivity contribution in [1.82, 2.24) is 10.2 Å². The molecule has 0 radical (unpaired) electrons. The van der Waals surface area contributed by atoms with Gasteiger partial charge in [0.05, 0.1) is 18.1 Å². The van der Waals surface area contributed by atoms with E-state index in [9.17, 15) is 9.59 Å². The van der Waals surface area contributed by atoms with Gasteiger partial charge < -0.3 is 19.7 Å². The van der Waals surface area contributed by atoms with Crippen LogP contribution in [0.25, 0.3) is 6.08 Å². The lowest BCUT2D eigenvalue weighted by atomic mass is 9.83. The van der Waals surface area contributed by atoms with Crippen LogP contribution in [-0.2, 0) is 16.0 Å². The van der Waals surface area contributed by atoms with E-state index >= 15 is 0 Å². The molecule has 1 saturated carbocycles. The van der Waals surface area contributed by atoms with Gasteiger partial charge in [0.15, 0.2) is 11.5 Å². The highest BCUT2D eigenvalue weighted by atomic mass is 32.2. The Morgan fingerprint density at radius 3 is 2.65 bits per heavy atom.